The van der Waals surface area contributed by atoms with Crippen LogP contribution in [0, 0.1) is 0 Å². The maximum Gasteiger partial charge on any atom is 0.609 e. The summed E-state index contributed by atoms with van der Waals surface area (Å²) in [4.78, 5) is 10.6. The highest BCUT2D eigenvalue weighted by atomic mass is 31.1. The summed E-state index contributed by atoms with van der Waals surface area (Å²) in [5, 5.41) is 0. The van der Waals surface area contributed by atoms with Gasteiger partial charge in [-0.3, -0.25) is 4.52 Å². The van der Waals surface area contributed by atoms with Gasteiger partial charge in [0, 0.05) is 0 Å². The van der Waals surface area contributed by atoms with Crippen LogP contribution in [-0.4, -0.2) is 18.4 Å². The van der Waals surface area contributed by atoms with Crippen molar-refractivity contribution in [2.45, 2.75) is 12.2 Å². The number of ether oxygens (including phenoxy) is 2. The molecule has 16 heavy (non-hydrogen) atoms. The fourth-order valence-corrected chi connectivity index (χ4v) is 1.96. The van der Waals surface area contributed by atoms with Crippen molar-refractivity contribution in [3.63, 3.8) is 0 Å². The van der Waals surface area contributed by atoms with Crippen LogP contribution < -0.4 is 4.52 Å². The van der Waals surface area contributed by atoms with Gasteiger partial charge in [-0.25, -0.2) is 4.79 Å². The second-order valence-electron chi connectivity index (χ2n) is 2.92. The molecule has 1 aromatic rings. The number of carbonyl (C=O) groups excluding carboxylic acids is 1. The summed E-state index contributed by atoms with van der Waals surface area (Å²) in [6, 6.07) is 8.19. The van der Waals surface area contributed by atoms with Gasteiger partial charge in [0.15, 0.2) is 5.75 Å². The first-order valence-corrected chi connectivity index (χ1v) is 5.62. The third kappa shape index (κ3) is 2.28. The first kappa shape index (κ1) is 10.8. The van der Waals surface area contributed by atoms with E-state index in [0.717, 1.165) is 0 Å². The quantitative estimate of drug-likeness (QED) is 0.605. The number of cyclic esters (lactones) is 2. The lowest BCUT2D eigenvalue weighted by Crippen LogP contribution is -2.14. The summed E-state index contributed by atoms with van der Waals surface area (Å²) in [5.41, 5.74) is 0. The molecule has 0 amide bonds. The predicted octanol–water partition coefficient (Wildman–Crippen LogP) is 2.60. The molecule has 7 heteroatoms. The molecule has 1 aliphatic heterocycles. The Morgan fingerprint density at radius 1 is 1.25 bits per heavy atom. The van der Waals surface area contributed by atoms with Crippen molar-refractivity contribution >= 4 is 14.2 Å². The second kappa shape index (κ2) is 4.45. The molecular formula is C9H7FO5P+. The molecule has 0 radical (unpaired) electrons. The molecule has 0 spiro atoms. The predicted molar refractivity (Wildman–Crippen MR) is 50.9 cm³/mol. The maximum atomic E-state index is 13.0. The molecule has 0 N–H and O–H groups in total. The summed E-state index contributed by atoms with van der Waals surface area (Å²) in [6.45, 7) is 0. The monoisotopic (exact) mass is 245 g/mol. The van der Waals surface area contributed by atoms with E-state index in [1.165, 1.54) is 0 Å². The molecule has 0 aliphatic carbocycles. The Morgan fingerprint density at radius 2 is 1.94 bits per heavy atom. The summed E-state index contributed by atoms with van der Waals surface area (Å²) >= 11 is 0. The molecule has 1 fully saturated rings. The molecule has 3 atom stereocenters. The molecule has 2 rings (SSSR count). The van der Waals surface area contributed by atoms with Crippen LogP contribution in [0.4, 0.5) is 9.18 Å². The first-order valence-electron chi connectivity index (χ1n) is 4.37. The lowest BCUT2D eigenvalue weighted by molar-refractivity contribution is 0.0500. The van der Waals surface area contributed by atoms with Crippen molar-refractivity contribution in [1.82, 2.24) is 0 Å². The van der Waals surface area contributed by atoms with Gasteiger partial charge in [-0.1, -0.05) is 18.2 Å². The first-order chi connectivity index (χ1) is 7.66. The van der Waals surface area contributed by atoms with E-state index in [-0.39, 0.29) is 0 Å². The number of rotatable bonds is 3. The van der Waals surface area contributed by atoms with E-state index < -0.39 is 26.4 Å². The third-order valence-electron chi connectivity index (χ3n) is 1.80. The number of benzene rings is 1. The average Bonchev–Trinajstić information content (AvgIpc) is 2.59. The average molecular weight is 245 g/mol. The highest BCUT2D eigenvalue weighted by Crippen LogP contribution is 2.38. The fourth-order valence-electron chi connectivity index (χ4n) is 1.11. The molecule has 1 saturated heterocycles. The Balaban J connectivity index is 2.01. The Labute approximate surface area is 91.0 Å². The van der Waals surface area contributed by atoms with Crippen LogP contribution in [0.3, 0.4) is 0 Å². The van der Waals surface area contributed by atoms with Gasteiger partial charge in [0.25, 0.3) is 0 Å². The van der Waals surface area contributed by atoms with Gasteiger partial charge in [0.2, 0.25) is 0 Å². The smallest absolute Gasteiger partial charge is 0.390 e. The van der Waals surface area contributed by atoms with Crippen LogP contribution >= 0.6 is 8.03 Å². The summed E-state index contributed by atoms with van der Waals surface area (Å²) in [6.07, 6.45) is -3.24. The van der Waals surface area contributed by atoms with Crippen molar-refractivity contribution < 1.29 is 27.7 Å². The fraction of sp³-hybridized carbons (Fsp3) is 0.222. The minimum atomic E-state index is -2.52. The molecule has 0 aromatic heterocycles. The number of hydrogen-bond donors (Lipinski definition) is 0. The van der Waals surface area contributed by atoms with Gasteiger partial charge in [0.05, 0.1) is 0 Å². The molecule has 0 bridgehead atoms. The van der Waals surface area contributed by atoms with Gasteiger partial charge in [-0.05, 0) is 16.7 Å². The van der Waals surface area contributed by atoms with Crippen LogP contribution in [0.1, 0.15) is 0 Å². The van der Waals surface area contributed by atoms with Crippen molar-refractivity contribution in [3.8, 4) is 5.75 Å². The van der Waals surface area contributed by atoms with Crippen molar-refractivity contribution in [1.29, 1.82) is 0 Å². The standard InChI is InChI=1S/C9H7FO5P/c10-7-8(14-9(11)13-7)16(12)15-6-4-2-1-3-5-6/h1-5,7-8H/q+1. The molecule has 5 nitrogen and oxygen atoms in total. The number of carbonyl (C=O) groups is 1. The second-order valence-corrected chi connectivity index (χ2v) is 4.18. The van der Waals surface area contributed by atoms with Crippen LogP contribution in [0.5, 0.6) is 5.75 Å². The lowest BCUT2D eigenvalue weighted by Gasteiger charge is -1.97. The Morgan fingerprint density at radius 3 is 2.50 bits per heavy atom. The Bertz CT molecular complexity index is 410. The van der Waals surface area contributed by atoms with Gasteiger partial charge >= 0.3 is 26.4 Å². The largest absolute Gasteiger partial charge is 0.609 e. The Kier molecular flexibility index (Phi) is 3.01. The van der Waals surface area contributed by atoms with E-state index in [2.05, 4.69) is 9.47 Å². The normalized spacial score (nSPS) is 24.6. The van der Waals surface area contributed by atoms with E-state index in [1.807, 2.05) is 0 Å². The summed E-state index contributed by atoms with van der Waals surface area (Å²) in [7, 11) is -2.52. The van der Waals surface area contributed by atoms with Crippen LogP contribution in [-0.2, 0) is 14.0 Å². The zero-order valence-corrected chi connectivity index (χ0v) is 8.80. The number of hydrogen-bond acceptors (Lipinski definition) is 5. The zero-order valence-electron chi connectivity index (χ0n) is 7.91. The van der Waals surface area contributed by atoms with Crippen molar-refractivity contribution in [3.05, 3.63) is 30.3 Å². The molecule has 1 heterocycles. The van der Waals surface area contributed by atoms with Gasteiger partial charge in [-0.15, -0.1) is 0 Å². The van der Waals surface area contributed by atoms with Crippen LogP contribution in [0.15, 0.2) is 30.3 Å². The Hall–Kier alpha value is -1.68. The molecule has 3 unspecified atom stereocenters. The van der Waals surface area contributed by atoms with E-state index in [1.54, 1.807) is 30.3 Å². The van der Waals surface area contributed by atoms with Crippen LogP contribution in [0.2, 0.25) is 0 Å². The lowest BCUT2D eigenvalue weighted by atomic mass is 10.3. The van der Waals surface area contributed by atoms with Gasteiger partial charge < -0.3 is 9.47 Å². The van der Waals surface area contributed by atoms with Gasteiger partial charge in [-0.2, -0.15) is 4.39 Å². The molecule has 84 valence electrons. The molecule has 1 aliphatic rings. The number of alkyl halides is 1. The van der Waals surface area contributed by atoms with E-state index >= 15 is 0 Å². The zero-order chi connectivity index (χ0) is 11.5. The minimum absolute atomic E-state index is 0.304. The maximum absolute atomic E-state index is 13.0. The highest BCUT2D eigenvalue weighted by molar-refractivity contribution is 7.40. The van der Waals surface area contributed by atoms with Crippen LogP contribution in [0.25, 0.3) is 0 Å². The highest BCUT2D eigenvalue weighted by Gasteiger charge is 2.53. The number of halogens is 1. The minimum Gasteiger partial charge on any atom is -0.390 e. The number of para-hydroxylation sites is 1. The van der Waals surface area contributed by atoms with E-state index in [9.17, 15) is 13.8 Å². The topological polar surface area (TPSA) is 61.8 Å². The molecule has 0 saturated carbocycles. The summed E-state index contributed by atoms with van der Waals surface area (Å²) in [5.74, 6) is -1.21. The summed E-state index contributed by atoms with van der Waals surface area (Å²) < 4.78 is 37.8. The third-order valence-corrected chi connectivity index (χ3v) is 2.94. The van der Waals surface area contributed by atoms with E-state index in [4.69, 9.17) is 4.52 Å². The van der Waals surface area contributed by atoms with Gasteiger partial charge in [0.1, 0.15) is 0 Å². The van der Waals surface area contributed by atoms with Crippen molar-refractivity contribution in [2.75, 3.05) is 0 Å². The SMILES string of the molecule is O=C1OC(F)C([P+](=O)Oc2ccccc2)O1. The molecule has 1 aromatic carbocycles. The molecular weight excluding hydrogens is 238 g/mol. The van der Waals surface area contributed by atoms with E-state index in [0.29, 0.717) is 5.75 Å². The van der Waals surface area contributed by atoms with Crippen molar-refractivity contribution in [2.24, 2.45) is 0 Å².